The Kier molecular flexibility index (Phi) is 5.37. The molecular formula is C17H18ClNO2S. The first-order valence-electron chi connectivity index (χ1n) is 6.85. The van der Waals surface area contributed by atoms with Crippen LogP contribution in [0.25, 0.3) is 0 Å². The van der Waals surface area contributed by atoms with E-state index in [1.165, 1.54) is 0 Å². The first-order chi connectivity index (χ1) is 10.4. The molecule has 0 aliphatic rings. The molecule has 0 heterocycles. The molecule has 0 amide bonds. The van der Waals surface area contributed by atoms with E-state index in [-0.39, 0.29) is 4.75 Å². The van der Waals surface area contributed by atoms with Crippen molar-refractivity contribution in [2.75, 3.05) is 0 Å². The van der Waals surface area contributed by atoms with Crippen LogP contribution in [0, 0.1) is 0 Å². The molecule has 0 spiro atoms. The fourth-order valence-electron chi connectivity index (χ4n) is 1.58. The summed E-state index contributed by atoms with van der Waals surface area (Å²) in [5, 5.41) is 0.551. The van der Waals surface area contributed by atoms with Gasteiger partial charge in [-0.3, -0.25) is 0 Å². The van der Waals surface area contributed by atoms with Gasteiger partial charge in [0.05, 0.1) is 9.77 Å². The van der Waals surface area contributed by atoms with Gasteiger partial charge in [-0.25, -0.2) is 4.21 Å². The topological polar surface area (TPSA) is 38.7 Å². The summed E-state index contributed by atoms with van der Waals surface area (Å²) in [6.07, 6.45) is 1.60. The molecule has 2 rings (SSSR count). The first kappa shape index (κ1) is 16.7. The highest BCUT2D eigenvalue weighted by Crippen LogP contribution is 2.28. The SMILES string of the molecule is CC(C)(C)[S@@](=O)/N=C/c1cccc(Oc2ccccc2Cl)c1. The third kappa shape index (κ3) is 4.68. The van der Waals surface area contributed by atoms with Crippen molar-refractivity contribution in [3.05, 3.63) is 59.1 Å². The van der Waals surface area contributed by atoms with E-state index in [9.17, 15) is 4.21 Å². The number of halogens is 1. The number of hydrogen-bond donors (Lipinski definition) is 0. The zero-order chi connectivity index (χ0) is 16.2. The lowest BCUT2D eigenvalue weighted by Crippen LogP contribution is -2.19. The molecule has 0 unspecified atom stereocenters. The number of ether oxygens (including phenoxy) is 1. The van der Waals surface area contributed by atoms with Crippen LogP contribution in [0.3, 0.4) is 0 Å². The van der Waals surface area contributed by atoms with Crippen molar-refractivity contribution < 1.29 is 8.95 Å². The maximum Gasteiger partial charge on any atom is 0.146 e. The summed E-state index contributed by atoms with van der Waals surface area (Å²) in [7, 11) is -1.28. The largest absolute Gasteiger partial charge is 0.456 e. The molecule has 0 radical (unpaired) electrons. The van der Waals surface area contributed by atoms with Crippen molar-refractivity contribution in [2.24, 2.45) is 4.40 Å². The van der Waals surface area contributed by atoms with E-state index in [1.807, 2.05) is 57.2 Å². The second-order valence-corrected chi connectivity index (χ2v) is 8.04. The number of benzene rings is 2. The molecule has 0 N–H and O–H groups in total. The zero-order valence-corrected chi connectivity index (χ0v) is 14.3. The molecule has 2 aromatic carbocycles. The summed E-state index contributed by atoms with van der Waals surface area (Å²) in [6, 6.07) is 14.7. The minimum atomic E-state index is -1.28. The lowest BCUT2D eigenvalue weighted by atomic mass is 10.2. The van der Waals surface area contributed by atoms with Crippen molar-refractivity contribution in [3.8, 4) is 11.5 Å². The van der Waals surface area contributed by atoms with E-state index in [2.05, 4.69) is 4.40 Å². The average molecular weight is 336 g/mol. The Labute approximate surface area is 138 Å². The smallest absolute Gasteiger partial charge is 0.146 e. The van der Waals surface area contributed by atoms with Gasteiger partial charge in [-0.05, 0) is 50.6 Å². The molecule has 116 valence electrons. The zero-order valence-electron chi connectivity index (χ0n) is 12.7. The maximum atomic E-state index is 11.9. The maximum absolute atomic E-state index is 11.9. The van der Waals surface area contributed by atoms with Gasteiger partial charge in [-0.2, -0.15) is 4.40 Å². The van der Waals surface area contributed by atoms with Gasteiger partial charge in [0.1, 0.15) is 22.5 Å². The Balaban J connectivity index is 2.16. The van der Waals surface area contributed by atoms with Crippen LogP contribution in [0.4, 0.5) is 0 Å². The highest BCUT2D eigenvalue weighted by molar-refractivity contribution is 7.85. The summed E-state index contributed by atoms with van der Waals surface area (Å²) >= 11 is 6.08. The predicted molar refractivity (Wildman–Crippen MR) is 93.5 cm³/mol. The van der Waals surface area contributed by atoms with Crippen molar-refractivity contribution in [1.82, 2.24) is 0 Å². The molecule has 0 saturated carbocycles. The highest BCUT2D eigenvalue weighted by Gasteiger charge is 2.18. The van der Waals surface area contributed by atoms with Gasteiger partial charge < -0.3 is 4.74 Å². The van der Waals surface area contributed by atoms with Gasteiger partial charge in [0.2, 0.25) is 0 Å². The van der Waals surface area contributed by atoms with Crippen LogP contribution in [-0.2, 0) is 11.0 Å². The van der Waals surface area contributed by atoms with Gasteiger partial charge in [0.15, 0.2) is 0 Å². The summed E-state index contributed by atoms with van der Waals surface area (Å²) in [5.74, 6) is 1.25. The van der Waals surface area contributed by atoms with E-state index in [4.69, 9.17) is 16.3 Å². The lowest BCUT2D eigenvalue weighted by molar-refractivity contribution is 0.483. The van der Waals surface area contributed by atoms with Crippen molar-refractivity contribution in [3.63, 3.8) is 0 Å². The molecule has 3 nitrogen and oxygen atoms in total. The lowest BCUT2D eigenvalue weighted by Gasteiger charge is -2.12. The molecule has 0 aliphatic heterocycles. The summed E-state index contributed by atoms with van der Waals surface area (Å²) in [5.41, 5.74) is 0.821. The van der Waals surface area contributed by atoms with Crippen LogP contribution >= 0.6 is 11.6 Å². The Morgan fingerprint density at radius 3 is 2.55 bits per heavy atom. The molecule has 0 aliphatic carbocycles. The molecule has 22 heavy (non-hydrogen) atoms. The highest BCUT2D eigenvalue weighted by atomic mass is 35.5. The monoisotopic (exact) mass is 335 g/mol. The Bertz CT molecular complexity index is 708. The predicted octanol–water partition coefficient (Wildman–Crippen LogP) is 5.01. The fourth-order valence-corrected chi connectivity index (χ4v) is 2.29. The molecule has 0 aromatic heterocycles. The Hall–Kier alpha value is -1.65. The van der Waals surface area contributed by atoms with E-state index >= 15 is 0 Å². The fraction of sp³-hybridized carbons (Fsp3) is 0.235. The molecule has 0 saturated heterocycles. The normalized spacial score (nSPS) is 13.3. The van der Waals surface area contributed by atoms with Crippen LogP contribution in [0.1, 0.15) is 26.3 Å². The third-order valence-electron chi connectivity index (χ3n) is 2.74. The second kappa shape index (κ2) is 7.07. The molecule has 5 heteroatoms. The standard InChI is InChI=1S/C17H18ClNO2S/c1-17(2,3)22(20)19-12-13-7-6-8-14(11-13)21-16-10-5-4-9-15(16)18/h4-12H,1-3H3/b19-12+/t22-/m1/s1. The third-order valence-corrected chi connectivity index (χ3v) is 4.40. The number of para-hydroxylation sites is 1. The van der Waals surface area contributed by atoms with Gasteiger partial charge in [0, 0.05) is 6.21 Å². The number of hydrogen-bond acceptors (Lipinski definition) is 2. The van der Waals surface area contributed by atoms with Crippen LogP contribution in [0.5, 0.6) is 11.5 Å². The van der Waals surface area contributed by atoms with Crippen LogP contribution in [0.2, 0.25) is 5.02 Å². The van der Waals surface area contributed by atoms with Crippen LogP contribution in [-0.4, -0.2) is 15.2 Å². The molecule has 1 atom stereocenters. The van der Waals surface area contributed by atoms with Crippen LogP contribution < -0.4 is 4.74 Å². The Morgan fingerprint density at radius 2 is 1.86 bits per heavy atom. The summed E-state index contributed by atoms with van der Waals surface area (Å²) < 4.78 is 21.4. The van der Waals surface area contributed by atoms with Crippen LogP contribution in [0.15, 0.2) is 52.9 Å². The van der Waals surface area contributed by atoms with Crippen molar-refractivity contribution in [1.29, 1.82) is 0 Å². The molecule has 2 aromatic rings. The quantitative estimate of drug-likeness (QED) is 0.736. The molecule has 0 bridgehead atoms. The van der Waals surface area contributed by atoms with E-state index in [0.717, 1.165) is 5.56 Å². The molecule has 0 fully saturated rings. The second-order valence-electron chi connectivity index (χ2n) is 5.70. The average Bonchev–Trinajstić information content (AvgIpc) is 2.46. The van der Waals surface area contributed by atoms with Gasteiger partial charge in [-0.1, -0.05) is 35.9 Å². The minimum absolute atomic E-state index is 0.373. The summed E-state index contributed by atoms with van der Waals surface area (Å²) in [4.78, 5) is 0. The van der Waals surface area contributed by atoms with Gasteiger partial charge in [-0.15, -0.1) is 0 Å². The van der Waals surface area contributed by atoms with Gasteiger partial charge >= 0.3 is 0 Å². The van der Waals surface area contributed by atoms with Gasteiger partial charge in [0.25, 0.3) is 0 Å². The van der Waals surface area contributed by atoms with E-state index < -0.39 is 11.0 Å². The number of rotatable bonds is 4. The van der Waals surface area contributed by atoms with E-state index in [0.29, 0.717) is 16.5 Å². The molecular weight excluding hydrogens is 318 g/mol. The number of nitrogens with zero attached hydrogens (tertiary/aromatic N) is 1. The first-order valence-corrected chi connectivity index (χ1v) is 8.33. The van der Waals surface area contributed by atoms with Crippen molar-refractivity contribution in [2.45, 2.75) is 25.5 Å². The summed E-state index contributed by atoms with van der Waals surface area (Å²) in [6.45, 7) is 5.66. The minimum Gasteiger partial charge on any atom is -0.456 e. The van der Waals surface area contributed by atoms with Crippen molar-refractivity contribution >= 4 is 28.8 Å². The Morgan fingerprint density at radius 1 is 1.14 bits per heavy atom. The van der Waals surface area contributed by atoms with E-state index in [1.54, 1.807) is 18.3 Å².